The third-order valence-electron chi connectivity index (χ3n) is 5.53. The molecular weight excluding hydrogens is 440 g/mol. The number of nitrogens with one attached hydrogen (secondary N) is 1. The summed E-state index contributed by atoms with van der Waals surface area (Å²) in [6.45, 7) is 0. The molecule has 31 heavy (non-hydrogen) atoms. The van der Waals surface area contributed by atoms with Gasteiger partial charge in [-0.2, -0.15) is 4.31 Å². The molecular formula is C21H28N2O6S2. The summed E-state index contributed by atoms with van der Waals surface area (Å²) in [5.41, 5.74) is 0.240. The van der Waals surface area contributed by atoms with Crippen LogP contribution in [0.2, 0.25) is 0 Å². The molecule has 0 aromatic heterocycles. The molecule has 170 valence electrons. The summed E-state index contributed by atoms with van der Waals surface area (Å²) in [6.07, 6.45) is 4.90. The van der Waals surface area contributed by atoms with Gasteiger partial charge in [-0.05, 0) is 49.2 Å². The number of methoxy groups -OCH3 is 2. The van der Waals surface area contributed by atoms with Gasteiger partial charge in [0.25, 0.3) is 10.0 Å². The van der Waals surface area contributed by atoms with E-state index in [0.29, 0.717) is 5.75 Å². The van der Waals surface area contributed by atoms with Gasteiger partial charge in [-0.25, -0.2) is 16.8 Å². The van der Waals surface area contributed by atoms with Crippen LogP contribution >= 0.6 is 0 Å². The van der Waals surface area contributed by atoms with Crippen molar-refractivity contribution < 1.29 is 26.3 Å². The van der Waals surface area contributed by atoms with Crippen LogP contribution in [0, 0.1) is 0 Å². The quantitative estimate of drug-likeness (QED) is 0.637. The van der Waals surface area contributed by atoms with Gasteiger partial charge < -0.3 is 9.47 Å². The Labute approximate surface area is 184 Å². The summed E-state index contributed by atoms with van der Waals surface area (Å²) in [7, 11) is -3.21. The fourth-order valence-electron chi connectivity index (χ4n) is 3.71. The minimum Gasteiger partial charge on any atom is -0.497 e. The number of hydrogen-bond acceptors (Lipinski definition) is 6. The summed E-state index contributed by atoms with van der Waals surface area (Å²) in [4.78, 5) is 0.0468. The normalized spacial score (nSPS) is 15.6. The number of ether oxygens (including phenoxy) is 2. The highest BCUT2D eigenvalue weighted by atomic mass is 32.2. The van der Waals surface area contributed by atoms with Crippen LogP contribution in [-0.4, -0.2) is 48.4 Å². The third kappa shape index (κ3) is 5.13. The van der Waals surface area contributed by atoms with Crippen LogP contribution in [-0.2, 0) is 20.0 Å². The highest BCUT2D eigenvalue weighted by Crippen LogP contribution is 2.31. The predicted molar refractivity (Wildman–Crippen MR) is 119 cm³/mol. The van der Waals surface area contributed by atoms with Crippen molar-refractivity contribution in [2.75, 3.05) is 26.0 Å². The molecule has 10 heteroatoms. The Morgan fingerprint density at radius 3 is 2.13 bits per heavy atom. The molecule has 1 aliphatic carbocycles. The summed E-state index contributed by atoms with van der Waals surface area (Å²) in [5.74, 6) is 0.537. The molecule has 1 fully saturated rings. The van der Waals surface area contributed by atoms with Crippen LogP contribution in [0.1, 0.15) is 32.1 Å². The molecule has 0 atom stereocenters. The van der Waals surface area contributed by atoms with E-state index >= 15 is 0 Å². The van der Waals surface area contributed by atoms with E-state index in [1.54, 1.807) is 13.1 Å². The Kier molecular flexibility index (Phi) is 7.13. The maximum Gasteiger partial charge on any atom is 0.265 e. The number of rotatable bonds is 8. The lowest BCUT2D eigenvalue weighted by atomic mass is 9.96. The molecule has 0 spiro atoms. The maximum absolute atomic E-state index is 13.0. The summed E-state index contributed by atoms with van der Waals surface area (Å²) in [6, 6.07) is 10.2. The van der Waals surface area contributed by atoms with Crippen LogP contribution < -0.4 is 14.2 Å². The van der Waals surface area contributed by atoms with Crippen LogP contribution in [0.5, 0.6) is 11.5 Å². The third-order valence-corrected chi connectivity index (χ3v) is 8.86. The molecule has 3 rings (SSSR count). The predicted octanol–water partition coefficient (Wildman–Crippen LogP) is 3.46. The van der Waals surface area contributed by atoms with Gasteiger partial charge in [-0.3, -0.25) is 4.72 Å². The monoisotopic (exact) mass is 468 g/mol. The molecule has 0 saturated heterocycles. The fraction of sp³-hybridized carbons (Fsp3) is 0.429. The average Bonchev–Trinajstić information content (AvgIpc) is 2.78. The Hall–Kier alpha value is -2.30. The van der Waals surface area contributed by atoms with Crippen molar-refractivity contribution >= 4 is 25.7 Å². The SMILES string of the molecule is COc1ccc(OC)c(S(=O)(=O)Nc2ccc(S(=O)(=O)N(C)C3CCCCC3)cc2)c1. The second-order valence-corrected chi connectivity index (χ2v) is 11.1. The lowest BCUT2D eigenvalue weighted by molar-refractivity contribution is 0.286. The van der Waals surface area contributed by atoms with E-state index in [1.807, 2.05) is 0 Å². The van der Waals surface area contributed by atoms with Gasteiger partial charge in [0.1, 0.15) is 16.4 Å². The molecule has 0 amide bonds. The van der Waals surface area contributed by atoms with Crippen molar-refractivity contribution in [1.82, 2.24) is 4.31 Å². The first-order valence-electron chi connectivity index (χ1n) is 10.0. The number of sulfonamides is 2. The van der Waals surface area contributed by atoms with Crippen molar-refractivity contribution in [3.8, 4) is 11.5 Å². The molecule has 0 unspecified atom stereocenters. The molecule has 8 nitrogen and oxygen atoms in total. The number of nitrogens with zero attached hydrogens (tertiary/aromatic N) is 1. The van der Waals surface area contributed by atoms with E-state index in [1.165, 1.54) is 54.9 Å². The lowest BCUT2D eigenvalue weighted by Crippen LogP contribution is -2.38. The van der Waals surface area contributed by atoms with Crippen molar-refractivity contribution in [2.45, 2.75) is 47.9 Å². The molecule has 0 heterocycles. The van der Waals surface area contributed by atoms with Crippen LogP contribution in [0.4, 0.5) is 5.69 Å². The summed E-state index contributed by atoms with van der Waals surface area (Å²) >= 11 is 0. The standard InChI is InChI=1S/C21H28N2O6S2/c1-23(17-7-5-4-6-8-17)31(26,27)19-12-9-16(10-13-19)22-30(24,25)21-15-18(28-2)11-14-20(21)29-3/h9-15,17,22H,4-8H2,1-3H3. The minimum atomic E-state index is -3.99. The minimum absolute atomic E-state index is 0.00236. The van der Waals surface area contributed by atoms with Crippen molar-refractivity contribution in [3.05, 3.63) is 42.5 Å². The number of benzene rings is 2. The molecule has 2 aromatic rings. The topological polar surface area (TPSA) is 102 Å². The smallest absolute Gasteiger partial charge is 0.265 e. The van der Waals surface area contributed by atoms with E-state index in [2.05, 4.69) is 4.72 Å². The van der Waals surface area contributed by atoms with E-state index in [4.69, 9.17) is 9.47 Å². The molecule has 0 radical (unpaired) electrons. The molecule has 1 N–H and O–H groups in total. The molecule has 1 saturated carbocycles. The van der Waals surface area contributed by atoms with Crippen LogP contribution in [0.3, 0.4) is 0 Å². The Morgan fingerprint density at radius 2 is 1.55 bits per heavy atom. The highest BCUT2D eigenvalue weighted by Gasteiger charge is 2.29. The van der Waals surface area contributed by atoms with Gasteiger partial charge >= 0.3 is 0 Å². The van der Waals surface area contributed by atoms with Gasteiger partial charge in [0.2, 0.25) is 10.0 Å². The first-order valence-corrected chi connectivity index (χ1v) is 12.9. The van der Waals surface area contributed by atoms with Crippen molar-refractivity contribution in [1.29, 1.82) is 0 Å². The van der Waals surface area contributed by atoms with E-state index in [-0.39, 0.29) is 27.3 Å². The van der Waals surface area contributed by atoms with Crippen LogP contribution in [0.25, 0.3) is 0 Å². The highest BCUT2D eigenvalue weighted by molar-refractivity contribution is 7.92. The van der Waals surface area contributed by atoms with E-state index < -0.39 is 20.0 Å². The van der Waals surface area contributed by atoms with E-state index in [9.17, 15) is 16.8 Å². The Balaban J connectivity index is 1.82. The average molecular weight is 469 g/mol. The zero-order valence-electron chi connectivity index (χ0n) is 17.9. The lowest BCUT2D eigenvalue weighted by Gasteiger charge is -2.30. The number of hydrogen-bond donors (Lipinski definition) is 1. The van der Waals surface area contributed by atoms with Gasteiger partial charge in [-0.15, -0.1) is 0 Å². The second kappa shape index (κ2) is 9.46. The van der Waals surface area contributed by atoms with E-state index in [0.717, 1.165) is 32.1 Å². The van der Waals surface area contributed by atoms with Gasteiger partial charge in [0.15, 0.2) is 0 Å². The summed E-state index contributed by atoms with van der Waals surface area (Å²) in [5, 5.41) is 0. The first-order chi connectivity index (χ1) is 14.7. The molecule has 2 aromatic carbocycles. The zero-order chi connectivity index (χ0) is 22.6. The summed E-state index contributed by atoms with van der Waals surface area (Å²) < 4.78 is 65.8. The number of anilines is 1. The van der Waals surface area contributed by atoms with Crippen LogP contribution in [0.15, 0.2) is 52.3 Å². The van der Waals surface area contributed by atoms with Gasteiger partial charge in [0.05, 0.1) is 19.1 Å². The maximum atomic E-state index is 13.0. The molecule has 0 bridgehead atoms. The van der Waals surface area contributed by atoms with Gasteiger partial charge in [0, 0.05) is 24.8 Å². The molecule has 0 aliphatic heterocycles. The Bertz CT molecular complexity index is 1110. The first kappa shape index (κ1) is 23.4. The van der Waals surface area contributed by atoms with Gasteiger partial charge in [-0.1, -0.05) is 19.3 Å². The molecule has 1 aliphatic rings. The van der Waals surface area contributed by atoms with Crippen molar-refractivity contribution in [2.24, 2.45) is 0 Å². The Morgan fingerprint density at radius 1 is 0.903 bits per heavy atom. The second-order valence-electron chi connectivity index (χ2n) is 7.46. The largest absolute Gasteiger partial charge is 0.497 e. The zero-order valence-corrected chi connectivity index (χ0v) is 19.5. The van der Waals surface area contributed by atoms with Crippen molar-refractivity contribution in [3.63, 3.8) is 0 Å². The fourth-order valence-corrected chi connectivity index (χ4v) is 6.37.